The van der Waals surface area contributed by atoms with Crippen LogP contribution in [0.15, 0.2) is 24.5 Å². The lowest BCUT2D eigenvalue weighted by Crippen LogP contribution is -2.07. The highest BCUT2D eigenvalue weighted by Crippen LogP contribution is 2.23. The van der Waals surface area contributed by atoms with E-state index in [4.69, 9.17) is 4.74 Å². The average Bonchev–Trinajstić information content (AvgIpc) is 2.77. The largest absolute Gasteiger partial charge is 0.461 e. The number of esters is 1. The molecule has 2 aromatic rings. The third-order valence-corrected chi connectivity index (χ3v) is 3.26. The Morgan fingerprint density at radius 1 is 1.47 bits per heavy atom. The molecule has 98 valence electrons. The number of carbonyl (C=O) groups excluding carboxylic acids is 1. The number of pyridine rings is 1. The topological polar surface area (TPSA) is 57.0 Å². The SMILES string of the molecule is CCOC(=O)c1cc2n(n1)-c1cnccc1CCC2. The van der Waals surface area contributed by atoms with E-state index in [0.29, 0.717) is 12.3 Å². The Balaban J connectivity index is 2.06. The Kier molecular flexibility index (Phi) is 3.03. The number of hydrogen-bond donors (Lipinski definition) is 0. The normalized spacial score (nSPS) is 13.3. The highest BCUT2D eigenvalue weighted by Gasteiger charge is 2.20. The Hall–Kier alpha value is -2.17. The third kappa shape index (κ3) is 2.12. The highest BCUT2D eigenvalue weighted by molar-refractivity contribution is 5.87. The molecule has 3 rings (SSSR count). The van der Waals surface area contributed by atoms with Gasteiger partial charge in [0.15, 0.2) is 5.69 Å². The summed E-state index contributed by atoms with van der Waals surface area (Å²) in [4.78, 5) is 15.9. The van der Waals surface area contributed by atoms with Crippen molar-refractivity contribution in [3.05, 3.63) is 41.5 Å². The van der Waals surface area contributed by atoms with Crippen LogP contribution in [0.3, 0.4) is 0 Å². The molecule has 0 unspecified atom stereocenters. The summed E-state index contributed by atoms with van der Waals surface area (Å²) in [7, 11) is 0. The molecule has 5 nitrogen and oxygen atoms in total. The first kappa shape index (κ1) is 11.9. The van der Waals surface area contributed by atoms with Crippen molar-refractivity contribution in [3.8, 4) is 5.69 Å². The molecule has 1 aliphatic rings. The molecule has 3 heterocycles. The molecular formula is C14H15N3O2. The highest BCUT2D eigenvalue weighted by atomic mass is 16.5. The molecule has 0 amide bonds. The van der Waals surface area contributed by atoms with Gasteiger partial charge >= 0.3 is 5.97 Å². The van der Waals surface area contributed by atoms with Gasteiger partial charge in [0.1, 0.15) is 0 Å². The summed E-state index contributed by atoms with van der Waals surface area (Å²) in [5.74, 6) is -0.367. The van der Waals surface area contributed by atoms with Crippen molar-refractivity contribution in [2.24, 2.45) is 0 Å². The fourth-order valence-electron chi connectivity index (χ4n) is 2.39. The van der Waals surface area contributed by atoms with Crippen molar-refractivity contribution in [2.75, 3.05) is 6.61 Å². The van der Waals surface area contributed by atoms with Crippen LogP contribution >= 0.6 is 0 Å². The summed E-state index contributed by atoms with van der Waals surface area (Å²) in [6, 6.07) is 3.83. The van der Waals surface area contributed by atoms with Crippen LogP contribution in [0, 0.1) is 0 Å². The first-order valence-electron chi connectivity index (χ1n) is 6.49. The monoisotopic (exact) mass is 257 g/mol. The fourth-order valence-corrected chi connectivity index (χ4v) is 2.39. The summed E-state index contributed by atoms with van der Waals surface area (Å²) in [6.07, 6.45) is 6.55. The van der Waals surface area contributed by atoms with Gasteiger partial charge in [-0.1, -0.05) is 0 Å². The number of fused-ring (bicyclic) bond motifs is 3. The van der Waals surface area contributed by atoms with E-state index in [9.17, 15) is 4.79 Å². The molecule has 0 N–H and O–H groups in total. The Morgan fingerprint density at radius 2 is 2.37 bits per heavy atom. The van der Waals surface area contributed by atoms with Crippen molar-refractivity contribution in [1.29, 1.82) is 0 Å². The van der Waals surface area contributed by atoms with E-state index in [2.05, 4.69) is 10.1 Å². The first-order chi connectivity index (χ1) is 9.29. The van der Waals surface area contributed by atoms with Gasteiger partial charge in [-0.05, 0) is 43.9 Å². The van der Waals surface area contributed by atoms with Crippen LogP contribution in [0.25, 0.3) is 5.69 Å². The number of aromatic nitrogens is 3. The van der Waals surface area contributed by atoms with E-state index < -0.39 is 0 Å². The van der Waals surface area contributed by atoms with E-state index in [0.717, 1.165) is 30.6 Å². The van der Waals surface area contributed by atoms with Crippen LogP contribution in [0.2, 0.25) is 0 Å². The van der Waals surface area contributed by atoms with Crippen molar-refractivity contribution in [1.82, 2.24) is 14.8 Å². The molecule has 1 aliphatic heterocycles. The van der Waals surface area contributed by atoms with Crippen LogP contribution < -0.4 is 0 Å². The number of rotatable bonds is 2. The standard InChI is InChI=1S/C14H15N3O2/c1-2-19-14(18)12-8-11-5-3-4-10-6-7-15-9-13(10)17(11)16-12/h6-9H,2-5H2,1H3. The molecule has 0 saturated heterocycles. The molecule has 5 heteroatoms. The molecule has 0 radical (unpaired) electrons. The summed E-state index contributed by atoms with van der Waals surface area (Å²) in [5.41, 5.74) is 3.58. The van der Waals surface area contributed by atoms with Gasteiger partial charge in [0.25, 0.3) is 0 Å². The number of nitrogens with zero attached hydrogens (tertiary/aromatic N) is 3. The molecule has 0 atom stereocenters. The van der Waals surface area contributed by atoms with E-state index in [1.165, 1.54) is 5.56 Å². The molecule has 0 spiro atoms. The lowest BCUT2D eigenvalue weighted by atomic mass is 10.1. The zero-order chi connectivity index (χ0) is 13.2. The second-order valence-corrected chi connectivity index (χ2v) is 4.51. The number of aryl methyl sites for hydroxylation is 2. The van der Waals surface area contributed by atoms with Gasteiger partial charge in [-0.3, -0.25) is 4.98 Å². The minimum absolute atomic E-state index is 0.360. The van der Waals surface area contributed by atoms with Gasteiger partial charge < -0.3 is 4.74 Å². The van der Waals surface area contributed by atoms with Gasteiger partial charge in [0.2, 0.25) is 0 Å². The van der Waals surface area contributed by atoms with Crippen LogP contribution in [0.5, 0.6) is 0 Å². The van der Waals surface area contributed by atoms with Gasteiger partial charge in [0.05, 0.1) is 18.5 Å². The summed E-state index contributed by atoms with van der Waals surface area (Å²) < 4.78 is 6.82. The molecular weight excluding hydrogens is 242 g/mol. The molecule has 0 bridgehead atoms. The van der Waals surface area contributed by atoms with Crippen molar-refractivity contribution >= 4 is 5.97 Å². The van der Waals surface area contributed by atoms with Crippen LogP contribution in [-0.2, 0) is 17.6 Å². The summed E-state index contributed by atoms with van der Waals surface area (Å²) in [6.45, 7) is 2.15. The maximum atomic E-state index is 11.7. The maximum absolute atomic E-state index is 11.7. The van der Waals surface area contributed by atoms with Gasteiger partial charge in [-0.15, -0.1) is 0 Å². The second-order valence-electron chi connectivity index (χ2n) is 4.51. The Labute approximate surface area is 111 Å². The van der Waals surface area contributed by atoms with Crippen LogP contribution in [-0.4, -0.2) is 27.3 Å². The zero-order valence-corrected chi connectivity index (χ0v) is 10.8. The summed E-state index contributed by atoms with van der Waals surface area (Å²) >= 11 is 0. The van der Waals surface area contributed by atoms with Gasteiger partial charge in [-0.25, -0.2) is 9.48 Å². The van der Waals surface area contributed by atoms with Crippen LogP contribution in [0.4, 0.5) is 0 Å². The van der Waals surface area contributed by atoms with E-state index in [1.807, 2.05) is 16.8 Å². The maximum Gasteiger partial charge on any atom is 0.358 e. The quantitative estimate of drug-likeness (QED) is 0.771. The number of carbonyl (C=O) groups is 1. The fraction of sp³-hybridized carbons (Fsp3) is 0.357. The predicted molar refractivity (Wildman–Crippen MR) is 69.3 cm³/mol. The van der Waals surface area contributed by atoms with Gasteiger partial charge in [0, 0.05) is 11.9 Å². The first-order valence-corrected chi connectivity index (χ1v) is 6.49. The van der Waals surface area contributed by atoms with Crippen molar-refractivity contribution in [3.63, 3.8) is 0 Å². The van der Waals surface area contributed by atoms with Crippen LogP contribution in [0.1, 0.15) is 35.1 Å². The molecule has 0 saturated carbocycles. The molecule has 0 fully saturated rings. The van der Waals surface area contributed by atoms with E-state index in [1.54, 1.807) is 19.3 Å². The number of ether oxygens (including phenoxy) is 1. The minimum atomic E-state index is -0.367. The summed E-state index contributed by atoms with van der Waals surface area (Å²) in [5, 5.41) is 4.37. The molecule has 19 heavy (non-hydrogen) atoms. The predicted octanol–water partition coefficient (Wildman–Crippen LogP) is 1.93. The minimum Gasteiger partial charge on any atom is -0.461 e. The van der Waals surface area contributed by atoms with Gasteiger partial charge in [-0.2, -0.15) is 5.10 Å². The Bertz CT molecular complexity index is 619. The van der Waals surface area contributed by atoms with Crippen molar-refractivity contribution < 1.29 is 9.53 Å². The zero-order valence-electron chi connectivity index (χ0n) is 10.8. The third-order valence-electron chi connectivity index (χ3n) is 3.26. The Morgan fingerprint density at radius 3 is 3.21 bits per heavy atom. The second kappa shape index (κ2) is 4.84. The van der Waals surface area contributed by atoms with E-state index >= 15 is 0 Å². The van der Waals surface area contributed by atoms with Crippen molar-refractivity contribution in [2.45, 2.75) is 26.2 Å². The smallest absolute Gasteiger partial charge is 0.358 e. The average molecular weight is 257 g/mol. The lowest BCUT2D eigenvalue weighted by Gasteiger charge is -2.06. The molecule has 0 aromatic carbocycles. The number of hydrogen-bond acceptors (Lipinski definition) is 4. The lowest BCUT2D eigenvalue weighted by molar-refractivity contribution is 0.0519. The molecule has 2 aromatic heterocycles. The van der Waals surface area contributed by atoms with E-state index in [-0.39, 0.29) is 5.97 Å². The molecule has 0 aliphatic carbocycles.